The molecule has 20 heavy (non-hydrogen) atoms. The number of hydrogen-bond acceptors (Lipinski definition) is 5. The average molecular weight is 277 g/mol. The molecule has 1 saturated heterocycles. The largest absolute Gasteiger partial charge is 0.497 e. The zero-order valence-corrected chi connectivity index (χ0v) is 11.8. The molecule has 0 aliphatic carbocycles. The molecule has 0 saturated carbocycles. The fourth-order valence-corrected chi connectivity index (χ4v) is 2.49. The van der Waals surface area contributed by atoms with Crippen LogP contribution in [0.5, 0.6) is 11.5 Å². The van der Waals surface area contributed by atoms with Crippen LogP contribution in [-0.4, -0.2) is 32.5 Å². The van der Waals surface area contributed by atoms with E-state index < -0.39 is 11.5 Å². The summed E-state index contributed by atoms with van der Waals surface area (Å²) in [6.45, 7) is 0.877. The highest BCUT2D eigenvalue weighted by Gasteiger charge is 2.41. The number of benzene rings is 1. The predicted octanol–water partition coefficient (Wildman–Crippen LogP) is 2.06. The van der Waals surface area contributed by atoms with Crippen LogP contribution in [0.1, 0.15) is 24.5 Å². The van der Waals surface area contributed by atoms with Gasteiger partial charge < -0.3 is 19.3 Å². The van der Waals surface area contributed by atoms with Crippen molar-refractivity contribution >= 4 is 0 Å². The quantitative estimate of drug-likeness (QED) is 0.912. The summed E-state index contributed by atoms with van der Waals surface area (Å²) in [5, 5.41) is 20.1. The third-order valence-corrected chi connectivity index (χ3v) is 3.71. The molecule has 2 unspecified atom stereocenters. The maximum absolute atomic E-state index is 10.6. The zero-order valence-electron chi connectivity index (χ0n) is 11.8. The van der Waals surface area contributed by atoms with Gasteiger partial charge in [0.25, 0.3) is 0 Å². The summed E-state index contributed by atoms with van der Waals surface area (Å²) in [6, 6.07) is 7.41. The Labute approximate surface area is 118 Å². The van der Waals surface area contributed by atoms with Crippen LogP contribution < -0.4 is 9.47 Å². The Morgan fingerprint density at radius 1 is 1.30 bits per heavy atom. The van der Waals surface area contributed by atoms with Crippen LogP contribution in [0.3, 0.4) is 0 Å². The van der Waals surface area contributed by atoms with Crippen molar-refractivity contribution in [3.05, 3.63) is 23.8 Å². The van der Waals surface area contributed by atoms with Crippen LogP contribution in [-0.2, 0) is 4.74 Å². The Morgan fingerprint density at radius 2 is 1.95 bits per heavy atom. The van der Waals surface area contributed by atoms with Gasteiger partial charge in [-0.05, 0) is 30.5 Å². The van der Waals surface area contributed by atoms with Gasteiger partial charge in [-0.2, -0.15) is 5.26 Å². The lowest BCUT2D eigenvalue weighted by Gasteiger charge is -2.35. The van der Waals surface area contributed by atoms with E-state index in [1.54, 1.807) is 32.4 Å². The number of rotatable bonds is 4. The Hall–Kier alpha value is -1.77. The second kappa shape index (κ2) is 6.12. The van der Waals surface area contributed by atoms with Gasteiger partial charge in [0, 0.05) is 12.7 Å². The first-order chi connectivity index (χ1) is 9.65. The SMILES string of the molecule is COc1cc(OC)cc(C(O)C2(C#N)CCCOC2)c1. The molecular weight excluding hydrogens is 258 g/mol. The molecular formula is C15H19NO4. The van der Waals surface area contributed by atoms with Crippen molar-refractivity contribution in [3.8, 4) is 17.6 Å². The second-order valence-corrected chi connectivity index (χ2v) is 4.97. The Bertz CT molecular complexity index is 481. The van der Waals surface area contributed by atoms with E-state index in [4.69, 9.17) is 14.2 Å². The first-order valence-corrected chi connectivity index (χ1v) is 6.55. The highest BCUT2D eigenvalue weighted by molar-refractivity contribution is 5.40. The molecule has 0 aromatic heterocycles. The molecule has 1 N–H and O–H groups in total. The molecule has 1 aromatic rings. The van der Waals surface area contributed by atoms with Crippen LogP contribution in [0.4, 0.5) is 0 Å². The normalized spacial score (nSPS) is 23.7. The predicted molar refractivity (Wildman–Crippen MR) is 72.6 cm³/mol. The number of methoxy groups -OCH3 is 2. The smallest absolute Gasteiger partial charge is 0.122 e. The number of hydrogen-bond donors (Lipinski definition) is 1. The molecule has 0 amide bonds. The molecule has 1 heterocycles. The Balaban J connectivity index is 2.36. The molecule has 5 nitrogen and oxygen atoms in total. The van der Waals surface area contributed by atoms with Crippen molar-refractivity contribution in [1.82, 2.24) is 0 Å². The lowest BCUT2D eigenvalue weighted by atomic mass is 9.76. The first kappa shape index (κ1) is 14.6. The summed E-state index contributed by atoms with van der Waals surface area (Å²) in [7, 11) is 3.10. The van der Waals surface area contributed by atoms with E-state index in [9.17, 15) is 10.4 Å². The fraction of sp³-hybridized carbons (Fsp3) is 0.533. The van der Waals surface area contributed by atoms with Crippen LogP contribution in [0.2, 0.25) is 0 Å². The van der Waals surface area contributed by atoms with Crippen molar-refractivity contribution in [2.45, 2.75) is 18.9 Å². The van der Waals surface area contributed by atoms with Gasteiger partial charge in [0.15, 0.2) is 0 Å². The third kappa shape index (κ3) is 2.72. The monoisotopic (exact) mass is 277 g/mol. The van der Waals surface area contributed by atoms with Gasteiger partial charge in [0.1, 0.15) is 23.0 Å². The lowest BCUT2D eigenvalue weighted by Crippen LogP contribution is -2.36. The van der Waals surface area contributed by atoms with Crippen molar-refractivity contribution < 1.29 is 19.3 Å². The summed E-state index contributed by atoms with van der Waals surface area (Å²) < 4.78 is 15.8. The van der Waals surface area contributed by atoms with E-state index in [2.05, 4.69) is 6.07 Å². The first-order valence-electron chi connectivity index (χ1n) is 6.55. The van der Waals surface area contributed by atoms with Gasteiger partial charge in [-0.25, -0.2) is 0 Å². The van der Waals surface area contributed by atoms with Gasteiger partial charge in [-0.3, -0.25) is 0 Å². The number of nitrogens with zero attached hydrogens (tertiary/aromatic N) is 1. The molecule has 108 valence electrons. The standard InChI is InChI=1S/C15H19NO4/c1-18-12-6-11(7-13(8-12)19-2)14(17)15(9-16)4-3-5-20-10-15/h6-8,14,17H,3-5,10H2,1-2H3. The van der Waals surface area contributed by atoms with Gasteiger partial charge >= 0.3 is 0 Å². The summed E-state index contributed by atoms with van der Waals surface area (Å²) in [5.74, 6) is 1.17. The molecule has 1 fully saturated rings. The topological polar surface area (TPSA) is 71.7 Å². The minimum Gasteiger partial charge on any atom is -0.497 e. The van der Waals surface area contributed by atoms with Crippen molar-refractivity contribution in [1.29, 1.82) is 5.26 Å². The maximum atomic E-state index is 10.6. The molecule has 2 rings (SSSR count). The van der Waals surface area contributed by atoms with E-state index in [0.29, 0.717) is 30.1 Å². The number of aliphatic hydroxyl groups is 1. The van der Waals surface area contributed by atoms with Crippen molar-refractivity contribution in [2.24, 2.45) is 5.41 Å². The second-order valence-electron chi connectivity index (χ2n) is 4.97. The van der Waals surface area contributed by atoms with E-state index in [-0.39, 0.29) is 6.61 Å². The summed E-state index contributed by atoms with van der Waals surface area (Å²) in [4.78, 5) is 0. The van der Waals surface area contributed by atoms with E-state index in [1.807, 2.05) is 0 Å². The minimum absolute atomic E-state index is 0.240. The number of ether oxygens (including phenoxy) is 3. The lowest BCUT2D eigenvalue weighted by molar-refractivity contribution is -0.0506. The van der Waals surface area contributed by atoms with Crippen LogP contribution in [0.25, 0.3) is 0 Å². The highest BCUT2D eigenvalue weighted by Crippen LogP contribution is 2.42. The molecule has 1 aliphatic heterocycles. The Morgan fingerprint density at radius 3 is 2.40 bits per heavy atom. The summed E-state index contributed by atoms with van der Waals surface area (Å²) in [6.07, 6.45) is 0.451. The molecule has 0 spiro atoms. The van der Waals surface area contributed by atoms with E-state index in [1.165, 1.54) is 0 Å². The highest BCUT2D eigenvalue weighted by atomic mass is 16.5. The van der Waals surface area contributed by atoms with Crippen LogP contribution in [0.15, 0.2) is 18.2 Å². The third-order valence-electron chi connectivity index (χ3n) is 3.71. The maximum Gasteiger partial charge on any atom is 0.122 e. The van der Waals surface area contributed by atoms with Crippen LogP contribution >= 0.6 is 0 Å². The fourth-order valence-electron chi connectivity index (χ4n) is 2.49. The molecule has 1 aliphatic rings. The Kier molecular flexibility index (Phi) is 4.48. The summed E-state index contributed by atoms with van der Waals surface area (Å²) >= 11 is 0. The van der Waals surface area contributed by atoms with Gasteiger partial charge in [-0.1, -0.05) is 0 Å². The van der Waals surface area contributed by atoms with E-state index in [0.717, 1.165) is 6.42 Å². The van der Waals surface area contributed by atoms with Crippen molar-refractivity contribution in [3.63, 3.8) is 0 Å². The molecule has 0 bridgehead atoms. The molecule has 2 atom stereocenters. The number of aliphatic hydroxyl groups excluding tert-OH is 1. The molecule has 1 aromatic carbocycles. The molecule has 5 heteroatoms. The summed E-state index contributed by atoms with van der Waals surface area (Å²) in [5.41, 5.74) is -0.302. The zero-order chi connectivity index (χ0) is 14.6. The minimum atomic E-state index is -0.934. The average Bonchev–Trinajstić information content (AvgIpc) is 2.54. The van der Waals surface area contributed by atoms with Crippen LogP contribution in [0, 0.1) is 16.7 Å². The van der Waals surface area contributed by atoms with Gasteiger partial charge in [0.2, 0.25) is 0 Å². The van der Waals surface area contributed by atoms with Gasteiger partial charge in [-0.15, -0.1) is 0 Å². The molecule has 0 radical (unpaired) electrons. The number of nitriles is 1. The van der Waals surface area contributed by atoms with E-state index >= 15 is 0 Å². The van der Waals surface area contributed by atoms with Crippen molar-refractivity contribution in [2.75, 3.05) is 27.4 Å². The van der Waals surface area contributed by atoms with Gasteiger partial charge in [0.05, 0.1) is 26.9 Å².